The molecule has 1 saturated heterocycles. The van der Waals surface area contributed by atoms with E-state index in [1.54, 1.807) is 0 Å². The topological polar surface area (TPSA) is 178 Å². The van der Waals surface area contributed by atoms with Gasteiger partial charge in [-0.25, -0.2) is 4.18 Å². The lowest BCUT2D eigenvalue weighted by Crippen LogP contribution is -2.60. The van der Waals surface area contributed by atoms with Gasteiger partial charge < -0.3 is 34.3 Å². The monoisotopic (exact) mass is 752 g/mol. The van der Waals surface area contributed by atoms with Crippen LogP contribution in [0.15, 0.2) is 12.2 Å². The first-order chi connectivity index (χ1) is 24.6. The van der Waals surface area contributed by atoms with E-state index in [1.807, 2.05) is 0 Å². The van der Waals surface area contributed by atoms with Gasteiger partial charge in [0.2, 0.25) is 0 Å². The summed E-state index contributed by atoms with van der Waals surface area (Å²) in [6, 6.07) is 0. The fraction of sp³-hybridized carbons (Fsp3) is 0.921. The minimum absolute atomic E-state index is 0.0371. The molecule has 302 valence electrons. The van der Waals surface area contributed by atoms with Crippen LogP contribution in [0, 0.1) is 0 Å². The summed E-state index contributed by atoms with van der Waals surface area (Å²) >= 11 is 0. The lowest BCUT2D eigenvalue weighted by Gasteiger charge is -2.41. The number of aliphatic hydroxyl groups excluding tert-OH is 3. The second kappa shape index (κ2) is 31.2. The average molecular weight is 753 g/mol. The minimum atomic E-state index is -5.05. The number of aliphatic hydroxyl groups is 3. The average Bonchev–Trinajstić information content (AvgIpc) is 3.09. The maximum Gasteiger partial charge on any atom is 0.397 e. The maximum absolute atomic E-state index is 12.8. The minimum Gasteiger partial charge on any atom is -0.457 e. The Kier molecular flexibility index (Phi) is 29.3. The van der Waals surface area contributed by atoms with E-state index in [2.05, 4.69) is 30.2 Å². The van der Waals surface area contributed by atoms with Crippen molar-refractivity contribution in [3.05, 3.63) is 12.2 Å². The van der Waals surface area contributed by atoms with Crippen LogP contribution < -0.4 is 0 Å². The van der Waals surface area contributed by atoms with Crippen LogP contribution in [0.25, 0.3) is 0 Å². The predicted molar refractivity (Wildman–Crippen MR) is 198 cm³/mol. The molecule has 0 aromatic heterocycles. The second-order valence-corrected chi connectivity index (χ2v) is 14.9. The third kappa shape index (κ3) is 25.5. The fourth-order valence-corrected chi connectivity index (χ4v) is 6.59. The van der Waals surface area contributed by atoms with Gasteiger partial charge in [0, 0.05) is 13.0 Å². The predicted octanol–water partition coefficient (Wildman–Crippen LogP) is 7.13. The Hall–Kier alpha value is -1.16. The van der Waals surface area contributed by atoms with Crippen LogP contribution in [-0.2, 0) is 38.3 Å². The first-order valence-electron chi connectivity index (χ1n) is 19.9. The molecular weight excluding hydrogens is 680 g/mol. The molecule has 1 rings (SSSR count). The number of hydrogen-bond acceptors (Lipinski definition) is 11. The van der Waals surface area contributed by atoms with Crippen molar-refractivity contribution < 1.29 is 56.2 Å². The highest BCUT2D eigenvalue weighted by molar-refractivity contribution is 7.80. The highest BCUT2D eigenvalue weighted by Gasteiger charge is 2.48. The van der Waals surface area contributed by atoms with Gasteiger partial charge in [0.1, 0.15) is 30.5 Å². The normalized spacial score (nSPS) is 21.7. The molecule has 4 N–H and O–H groups in total. The molecule has 0 saturated carbocycles. The van der Waals surface area contributed by atoms with Crippen molar-refractivity contribution in [2.24, 2.45) is 0 Å². The van der Waals surface area contributed by atoms with E-state index >= 15 is 0 Å². The van der Waals surface area contributed by atoms with Gasteiger partial charge in [-0.05, 0) is 38.5 Å². The maximum atomic E-state index is 12.8. The first-order valence-corrected chi connectivity index (χ1v) is 21.3. The van der Waals surface area contributed by atoms with Crippen molar-refractivity contribution in [1.82, 2.24) is 0 Å². The summed E-state index contributed by atoms with van der Waals surface area (Å²) in [6.45, 7) is 3.95. The van der Waals surface area contributed by atoms with Crippen LogP contribution in [0.2, 0.25) is 0 Å². The van der Waals surface area contributed by atoms with Gasteiger partial charge in [0.15, 0.2) is 6.29 Å². The van der Waals surface area contributed by atoms with Crippen LogP contribution in [-0.4, -0.2) is 97.5 Å². The largest absolute Gasteiger partial charge is 0.457 e. The van der Waals surface area contributed by atoms with Crippen molar-refractivity contribution >= 4 is 16.4 Å². The van der Waals surface area contributed by atoms with Gasteiger partial charge in [-0.1, -0.05) is 129 Å². The van der Waals surface area contributed by atoms with Gasteiger partial charge >= 0.3 is 16.4 Å². The summed E-state index contributed by atoms with van der Waals surface area (Å²) in [5, 5.41) is 30.5. The van der Waals surface area contributed by atoms with Crippen LogP contribution in [0.4, 0.5) is 0 Å². The van der Waals surface area contributed by atoms with E-state index < -0.39 is 59.8 Å². The zero-order valence-corrected chi connectivity index (χ0v) is 32.5. The number of carbonyl (C=O) groups is 1. The molecule has 1 fully saturated rings. The molecule has 0 aliphatic carbocycles. The Morgan fingerprint density at radius 1 is 0.725 bits per heavy atom. The first kappa shape index (κ1) is 47.9. The number of hydrogen-bond donors (Lipinski definition) is 4. The molecule has 0 radical (unpaired) electrons. The van der Waals surface area contributed by atoms with Gasteiger partial charge in [-0.15, -0.1) is 0 Å². The van der Waals surface area contributed by atoms with E-state index in [-0.39, 0.29) is 19.6 Å². The van der Waals surface area contributed by atoms with E-state index in [4.69, 9.17) is 23.5 Å². The smallest absolute Gasteiger partial charge is 0.397 e. The molecule has 51 heavy (non-hydrogen) atoms. The standard InChI is InChI=1S/C38H72O12S/c1-3-5-7-9-11-13-15-16-17-19-21-23-25-27-34(40)48-32(30-46-28-26-24-22-20-18-14-12-10-8-6-4-2)31-47-38-36(42)37(50-51(43,44)45)35(41)33(29-39)49-38/h13,15,32-33,35-39,41-42H,3-12,14,16-31H2,1-2H3,(H,43,44,45)/b15-13-. The highest BCUT2D eigenvalue weighted by Crippen LogP contribution is 2.26. The van der Waals surface area contributed by atoms with Crippen molar-refractivity contribution in [3.8, 4) is 0 Å². The zero-order valence-electron chi connectivity index (χ0n) is 31.7. The number of carbonyl (C=O) groups excluding carboxylic acids is 1. The molecule has 0 aromatic carbocycles. The Labute approximate surface area is 308 Å². The third-order valence-electron chi connectivity index (χ3n) is 9.14. The van der Waals surface area contributed by atoms with E-state index in [0.717, 1.165) is 57.8 Å². The van der Waals surface area contributed by atoms with Crippen LogP contribution in [0.1, 0.15) is 162 Å². The van der Waals surface area contributed by atoms with Crippen molar-refractivity contribution in [2.75, 3.05) is 26.4 Å². The number of esters is 1. The molecule has 13 heteroatoms. The van der Waals surface area contributed by atoms with E-state index in [0.29, 0.717) is 13.0 Å². The highest BCUT2D eigenvalue weighted by atomic mass is 32.3. The van der Waals surface area contributed by atoms with Crippen molar-refractivity contribution in [3.63, 3.8) is 0 Å². The molecule has 0 amide bonds. The molecule has 1 aliphatic rings. The van der Waals surface area contributed by atoms with Crippen molar-refractivity contribution in [2.45, 2.75) is 198 Å². The second-order valence-electron chi connectivity index (χ2n) is 13.9. The summed E-state index contributed by atoms with van der Waals surface area (Å²) in [5.41, 5.74) is 0. The Morgan fingerprint density at radius 2 is 1.24 bits per heavy atom. The van der Waals surface area contributed by atoms with Crippen LogP contribution >= 0.6 is 0 Å². The molecule has 0 bridgehead atoms. The summed E-state index contributed by atoms with van der Waals surface area (Å²) in [4.78, 5) is 12.8. The Balaban J connectivity index is 2.50. The lowest BCUT2D eigenvalue weighted by molar-refractivity contribution is -0.301. The van der Waals surface area contributed by atoms with Gasteiger partial charge in [0.05, 0.1) is 19.8 Å². The van der Waals surface area contributed by atoms with Crippen LogP contribution in [0.5, 0.6) is 0 Å². The lowest BCUT2D eigenvalue weighted by atomic mass is 9.99. The summed E-state index contributed by atoms with van der Waals surface area (Å²) < 4.78 is 58.8. The number of unbranched alkanes of at least 4 members (excludes halogenated alkanes) is 19. The van der Waals surface area contributed by atoms with E-state index in [9.17, 15) is 28.5 Å². The number of ether oxygens (including phenoxy) is 4. The SMILES string of the molecule is CCCCCC/C=C\CCCCCCCC(=O)OC(COCCCCCCCCCCCCC)COC1OC(CO)C(O)C(OS(=O)(=O)O)C1O. The third-order valence-corrected chi connectivity index (χ3v) is 9.60. The van der Waals surface area contributed by atoms with Gasteiger partial charge in [0.25, 0.3) is 0 Å². The van der Waals surface area contributed by atoms with E-state index in [1.165, 1.54) is 77.0 Å². The summed E-state index contributed by atoms with van der Waals surface area (Å²) in [5.74, 6) is -0.408. The molecule has 12 nitrogen and oxygen atoms in total. The quantitative estimate of drug-likeness (QED) is 0.0227. The molecule has 0 spiro atoms. The molecule has 0 aromatic rings. The summed E-state index contributed by atoms with van der Waals surface area (Å²) in [6.07, 6.45) is 21.1. The molecule has 1 heterocycles. The number of allylic oxidation sites excluding steroid dienone is 2. The molecule has 6 unspecified atom stereocenters. The van der Waals surface area contributed by atoms with Crippen molar-refractivity contribution in [1.29, 1.82) is 0 Å². The van der Waals surface area contributed by atoms with Crippen LogP contribution in [0.3, 0.4) is 0 Å². The van der Waals surface area contributed by atoms with Gasteiger partial charge in [-0.3, -0.25) is 9.35 Å². The molecule has 6 atom stereocenters. The number of rotatable bonds is 34. The molecular formula is C38H72O12S. The van der Waals surface area contributed by atoms with Gasteiger partial charge in [-0.2, -0.15) is 8.42 Å². The Bertz CT molecular complexity index is 963. The zero-order chi connectivity index (χ0) is 37.6. The molecule has 1 aliphatic heterocycles. The Morgan fingerprint density at radius 3 is 1.78 bits per heavy atom. The fourth-order valence-electron chi connectivity index (χ4n) is 6.08. The summed E-state index contributed by atoms with van der Waals surface area (Å²) in [7, 11) is -5.05.